The molecule has 0 aliphatic carbocycles. The maximum atomic E-state index is 13.5. The fraction of sp³-hybridized carbons (Fsp3) is 0.130. The van der Waals surface area contributed by atoms with Crippen molar-refractivity contribution < 1.29 is 8.42 Å². The lowest BCUT2D eigenvalue weighted by Crippen LogP contribution is -2.31. The summed E-state index contributed by atoms with van der Waals surface area (Å²) in [6.07, 6.45) is 1.67. The first-order chi connectivity index (χ1) is 14.3. The van der Waals surface area contributed by atoms with Crippen LogP contribution in [0.4, 0.5) is 5.69 Å². The number of nitrogens with zero attached hydrogens (tertiary/aromatic N) is 3. The second-order valence-corrected chi connectivity index (χ2v) is 9.04. The molecule has 0 amide bonds. The van der Waals surface area contributed by atoms with E-state index < -0.39 is 10.0 Å². The molecule has 2 aromatic carbocycles. The predicted molar refractivity (Wildman–Crippen MR) is 117 cm³/mol. The molecule has 4 aromatic rings. The Bertz CT molecular complexity index is 1360. The molecule has 6 nitrogen and oxygen atoms in total. The fourth-order valence-electron chi connectivity index (χ4n) is 3.23. The third kappa shape index (κ3) is 3.84. The van der Waals surface area contributed by atoms with Gasteiger partial charge in [0.05, 0.1) is 22.8 Å². The fourth-order valence-corrected chi connectivity index (χ4v) is 4.66. The summed E-state index contributed by atoms with van der Waals surface area (Å²) in [5.41, 5.74) is 3.05. The highest BCUT2D eigenvalue weighted by Gasteiger charge is 2.26. The minimum absolute atomic E-state index is 0.0556. The molecule has 152 valence electrons. The van der Waals surface area contributed by atoms with Gasteiger partial charge in [-0.1, -0.05) is 35.9 Å². The number of pyridine rings is 1. The Kier molecular flexibility index (Phi) is 5.13. The molecule has 2 aromatic heterocycles. The third-order valence-corrected chi connectivity index (χ3v) is 6.62. The van der Waals surface area contributed by atoms with Gasteiger partial charge in [0.15, 0.2) is 0 Å². The molecule has 0 fully saturated rings. The van der Waals surface area contributed by atoms with Gasteiger partial charge in [-0.3, -0.25) is 13.5 Å². The zero-order valence-electron chi connectivity index (χ0n) is 16.7. The number of fused-ring (bicyclic) bond motifs is 1. The van der Waals surface area contributed by atoms with E-state index in [0.29, 0.717) is 17.0 Å². The molecule has 0 spiro atoms. The van der Waals surface area contributed by atoms with Crippen LogP contribution in [0.15, 0.2) is 88.7 Å². The summed E-state index contributed by atoms with van der Waals surface area (Å²) in [6.45, 7) is 3.76. The Hall–Kier alpha value is -3.45. The summed E-state index contributed by atoms with van der Waals surface area (Å²) in [6, 6.07) is 20.5. The third-order valence-electron chi connectivity index (χ3n) is 4.83. The lowest BCUT2D eigenvalue weighted by atomic mass is 10.2. The van der Waals surface area contributed by atoms with Crippen molar-refractivity contribution in [3.8, 4) is 0 Å². The number of aryl methyl sites for hydroxylation is 2. The van der Waals surface area contributed by atoms with Crippen LogP contribution in [0.1, 0.15) is 16.8 Å². The summed E-state index contributed by atoms with van der Waals surface area (Å²) >= 11 is 0. The van der Waals surface area contributed by atoms with Crippen molar-refractivity contribution in [2.45, 2.75) is 25.3 Å². The van der Waals surface area contributed by atoms with Gasteiger partial charge in [0.1, 0.15) is 5.65 Å². The van der Waals surface area contributed by atoms with E-state index in [2.05, 4.69) is 4.98 Å². The minimum atomic E-state index is -3.86. The van der Waals surface area contributed by atoms with Crippen molar-refractivity contribution in [1.82, 2.24) is 9.38 Å². The highest BCUT2D eigenvalue weighted by Crippen LogP contribution is 2.25. The molecule has 0 saturated carbocycles. The quantitative estimate of drug-likeness (QED) is 0.494. The van der Waals surface area contributed by atoms with Crippen LogP contribution in [-0.4, -0.2) is 17.8 Å². The van der Waals surface area contributed by atoms with Crippen LogP contribution in [0, 0.1) is 13.8 Å². The van der Waals surface area contributed by atoms with Gasteiger partial charge in [-0.15, -0.1) is 0 Å². The summed E-state index contributed by atoms with van der Waals surface area (Å²) in [4.78, 5) is 17.3. The van der Waals surface area contributed by atoms with E-state index in [4.69, 9.17) is 0 Å². The van der Waals surface area contributed by atoms with Crippen LogP contribution in [-0.2, 0) is 16.6 Å². The number of aromatic nitrogens is 2. The zero-order chi connectivity index (χ0) is 21.3. The van der Waals surface area contributed by atoms with Crippen LogP contribution >= 0.6 is 0 Å². The monoisotopic (exact) mass is 419 g/mol. The summed E-state index contributed by atoms with van der Waals surface area (Å²) in [5, 5.41) is 0. The van der Waals surface area contributed by atoms with Gasteiger partial charge in [0, 0.05) is 12.3 Å². The highest BCUT2D eigenvalue weighted by molar-refractivity contribution is 7.92. The first-order valence-electron chi connectivity index (χ1n) is 9.48. The number of para-hydroxylation sites is 1. The van der Waals surface area contributed by atoms with Crippen molar-refractivity contribution in [1.29, 1.82) is 0 Å². The lowest BCUT2D eigenvalue weighted by Gasteiger charge is -2.24. The van der Waals surface area contributed by atoms with Crippen LogP contribution in [0.2, 0.25) is 0 Å². The van der Waals surface area contributed by atoms with E-state index in [0.717, 1.165) is 11.1 Å². The minimum Gasteiger partial charge on any atom is -0.269 e. The average Bonchev–Trinajstić information content (AvgIpc) is 2.72. The number of benzene rings is 2. The lowest BCUT2D eigenvalue weighted by molar-refractivity contribution is 0.590. The Morgan fingerprint density at radius 1 is 0.900 bits per heavy atom. The Labute approximate surface area is 175 Å². The first kappa shape index (κ1) is 19.8. The Morgan fingerprint density at radius 3 is 2.30 bits per heavy atom. The summed E-state index contributed by atoms with van der Waals surface area (Å²) < 4.78 is 29.7. The number of rotatable bonds is 5. The SMILES string of the molecule is Cc1ccc(S(=O)(=O)N(Cc2cc(=O)n3ccc(C)cc3n2)c2ccccc2)cc1. The molecule has 0 radical (unpaired) electrons. The molecule has 0 aliphatic rings. The number of sulfonamides is 1. The summed E-state index contributed by atoms with van der Waals surface area (Å²) in [5.74, 6) is 0. The first-order valence-corrected chi connectivity index (χ1v) is 10.9. The molecule has 4 rings (SSSR count). The van der Waals surface area contributed by atoms with Gasteiger partial charge >= 0.3 is 0 Å². The predicted octanol–water partition coefficient (Wildman–Crippen LogP) is 3.71. The number of anilines is 1. The molecule has 0 saturated heterocycles. The van der Waals surface area contributed by atoms with Gasteiger partial charge < -0.3 is 0 Å². The molecule has 0 aliphatic heterocycles. The van der Waals surface area contributed by atoms with Gasteiger partial charge in [-0.05, 0) is 55.8 Å². The van der Waals surface area contributed by atoms with E-state index >= 15 is 0 Å². The maximum Gasteiger partial charge on any atom is 0.264 e. The van der Waals surface area contributed by atoms with Crippen LogP contribution in [0.3, 0.4) is 0 Å². The number of hydrogen-bond acceptors (Lipinski definition) is 4. The van der Waals surface area contributed by atoms with Crippen molar-refractivity contribution in [3.05, 3.63) is 106 Å². The van der Waals surface area contributed by atoms with Crippen molar-refractivity contribution in [2.75, 3.05) is 4.31 Å². The number of hydrogen-bond donors (Lipinski definition) is 0. The maximum absolute atomic E-state index is 13.5. The molecule has 2 heterocycles. The van der Waals surface area contributed by atoms with E-state index in [-0.39, 0.29) is 17.0 Å². The van der Waals surface area contributed by atoms with Crippen LogP contribution in [0.25, 0.3) is 5.65 Å². The highest BCUT2D eigenvalue weighted by atomic mass is 32.2. The Balaban J connectivity index is 1.83. The van der Waals surface area contributed by atoms with Crippen LogP contribution < -0.4 is 9.86 Å². The molecule has 0 unspecified atom stereocenters. The van der Waals surface area contributed by atoms with E-state index in [1.807, 2.05) is 26.0 Å². The van der Waals surface area contributed by atoms with E-state index in [9.17, 15) is 13.2 Å². The smallest absolute Gasteiger partial charge is 0.264 e. The van der Waals surface area contributed by atoms with Gasteiger partial charge in [-0.25, -0.2) is 13.4 Å². The largest absolute Gasteiger partial charge is 0.269 e. The molecular formula is C23H21N3O3S. The normalized spacial score (nSPS) is 11.5. The Morgan fingerprint density at radius 2 is 1.60 bits per heavy atom. The zero-order valence-corrected chi connectivity index (χ0v) is 17.5. The molecule has 30 heavy (non-hydrogen) atoms. The second kappa shape index (κ2) is 7.76. The molecular weight excluding hydrogens is 398 g/mol. The van der Waals surface area contributed by atoms with Crippen molar-refractivity contribution in [2.24, 2.45) is 0 Å². The summed E-state index contributed by atoms with van der Waals surface area (Å²) in [7, 11) is -3.86. The van der Waals surface area contributed by atoms with Gasteiger partial charge in [-0.2, -0.15) is 0 Å². The van der Waals surface area contributed by atoms with Crippen molar-refractivity contribution >= 4 is 21.4 Å². The van der Waals surface area contributed by atoms with E-state index in [1.54, 1.807) is 60.8 Å². The van der Waals surface area contributed by atoms with Gasteiger partial charge in [0.2, 0.25) is 0 Å². The van der Waals surface area contributed by atoms with Crippen LogP contribution in [0.5, 0.6) is 0 Å². The molecule has 7 heteroatoms. The molecule has 0 N–H and O–H groups in total. The standard InChI is InChI=1S/C23H21N3O3S/c1-17-8-10-21(11-9-17)30(28,29)26(20-6-4-3-5-7-20)16-19-15-23(27)25-13-12-18(2)14-22(25)24-19/h3-15H,16H2,1-2H3. The van der Waals surface area contributed by atoms with Gasteiger partial charge in [0.25, 0.3) is 15.6 Å². The molecule has 0 atom stereocenters. The second-order valence-electron chi connectivity index (χ2n) is 7.18. The average molecular weight is 420 g/mol. The van der Waals surface area contributed by atoms with E-state index in [1.165, 1.54) is 14.8 Å². The molecule has 0 bridgehead atoms. The van der Waals surface area contributed by atoms with Crippen molar-refractivity contribution in [3.63, 3.8) is 0 Å². The topological polar surface area (TPSA) is 71.8 Å².